The lowest BCUT2D eigenvalue weighted by atomic mass is 10.0. The van der Waals surface area contributed by atoms with Gasteiger partial charge in [0.1, 0.15) is 0 Å². The highest BCUT2D eigenvalue weighted by molar-refractivity contribution is 6.34. The van der Waals surface area contributed by atoms with Gasteiger partial charge in [0.2, 0.25) is 5.91 Å². The summed E-state index contributed by atoms with van der Waals surface area (Å²) in [7, 11) is 0. The predicted octanol–water partition coefficient (Wildman–Crippen LogP) is 3.15. The number of hydrogen-bond donors (Lipinski definition) is 3. The van der Waals surface area contributed by atoms with Gasteiger partial charge in [-0.25, -0.2) is 0 Å². The monoisotopic (exact) mass is 346 g/mol. The molecule has 0 fully saturated rings. The molecule has 0 saturated heterocycles. The summed E-state index contributed by atoms with van der Waals surface area (Å²) in [5.41, 5.74) is 1.66. The fourth-order valence-corrected chi connectivity index (χ4v) is 2.56. The molecule has 0 aliphatic rings. The molecule has 6 heteroatoms. The number of nitrogens with one attached hydrogen (secondary N) is 2. The first kappa shape index (κ1) is 18.0. The van der Waals surface area contributed by atoms with Gasteiger partial charge in [0, 0.05) is 19.2 Å². The summed E-state index contributed by atoms with van der Waals surface area (Å²) in [6.07, 6.45) is 0.388. The van der Waals surface area contributed by atoms with E-state index in [0.29, 0.717) is 12.1 Å². The molecule has 126 valence electrons. The van der Waals surface area contributed by atoms with Crippen molar-refractivity contribution in [3.63, 3.8) is 0 Å². The summed E-state index contributed by atoms with van der Waals surface area (Å²) in [6.45, 7) is 1.33. The Hall–Kier alpha value is -2.37. The second kappa shape index (κ2) is 8.47. The number of rotatable bonds is 6. The van der Waals surface area contributed by atoms with Gasteiger partial charge in [-0.2, -0.15) is 0 Å². The van der Waals surface area contributed by atoms with Crippen molar-refractivity contribution in [2.24, 2.45) is 0 Å². The largest absolute Gasteiger partial charge is 0.396 e. The van der Waals surface area contributed by atoms with E-state index in [0.717, 1.165) is 5.56 Å². The lowest BCUT2D eigenvalue weighted by Crippen LogP contribution is -2.29. The van der Waals surface area contributed by atoms with Crippen LogP contribution in [0.4, 0.5) is 5.69 Å². The molecule has 0 aliphatic heterocycles. The number of halogens is 1. The van der Waals surface area contributed by atoms with Gasteiger partial charge >= 0.3 is 0 Å². The summed E-state index contributed by atoms with van der Waals surface area (Å²) in [6, 6.07) is 13.8. The SMILES string of the molecule is CC(=O)Nc1ccc(Cl)c(C(=O)NC(CCO)c2ccccc2)c1. The summed E-state index contributed by atoms with van der Waals surface area (Å²) >= 11 is 6.11. The van der Waals surface area contributed by atoms with Gasteiger partial charge in [-0.05, 0) is 30.2 Å². The molecule has 0 saturated carbocycles. The van der Waals surface area contributed by atoms with E-state index in [9.17, 15) is 14.7 Å². The number of amides is 2. The van der Waals surface area contributed by atoms with E-state index in [1.165, 1.54) is 13.0 Å². The van der Waals surface area contributed by atoms with Gasteiger partial charge in [-0.1, -0.05) is 41.9 Å². The van der Waals surface area contributed by atoms with E-state index >= 15 is 0 Å². The first-order chi connectivity index (χ1) is 11.5. The Balaban J connectivity index is 2.22. The molecule has 1 atom stereocenters. The first-order valence-electron chi connectivity index (χ1n) is 7.55. The number of benzene rings is 2. The van der Waals surface area contributed by atoms with Crippen LogP contribution in [0.2, 0.25) is 5.02 Å². The molecular weight excluding hydrogens is 328 g/mol. The third-order valence-electron chi connectivity index (χ3n) is 3.46. The van der Waals surface area contributed by atoms with Gasteiger partial charge in [0.25, 0.3) is 5.91 Å². The van der Waals surface area contributed by atoms with E-state index in [-0.39, 0.29) is 35.0 Å². The molecule has 0 aromatic heterocycles. The Bertz CT molecular complexity index is 719. The zero-order valence-corrected chi connectivity index (χ0v) is 14.0. The smallest absolute Gasteiger partial charge is 0.253 e. The van der Waals surface area contributed by atoms with Crippen molar-refractivity contribution in [3.8, 4) is 0 Å². The Morgan fingerprint density at radius 3 is 2.50 bits per heavy atom. The maximum atomic E-state index is 12.6. The Morgan fingerprint density at radius 1 is 1.17 bits per heavy atom. The molecule has 24 heavy (non-hydrogen) atoms. The van der Waals surface area contributed by atoms with Crippen LogP contribution in [-0.4, -0.2) is 23.5 Å². The Morgan fingerprint density at radius 2 is 1.88 bits per heavy atom. The molecule has 1 unspecified atom stereocenters. The topological polar surface area (TPSA) is 78.4 Å². The van der Waals surface area contributed by atoms with E-state index in [4.69, 9.17) is 11.6 Å². The van der Waals surface area contributed by atoms with Gasteiger partial charge in [-0.3, -0.25) is 9.59 Å². The molecule has 0 aliphatic carbocycles. The van der Waals surface area contributed by atoms with Crippen LogP contribution in [0.25, 0.3) is 0 Å². The summed E-state index contributed by atoms with van der Waals surface area (Å²) in [5, 5.41) is 15.0. The lowest BCUT2D eigenvalue weighted by molar-refractivity contribution is -0.114. The van der Waals surface area contributed by atoms with Crippen molar-refractivity contribution in [1.29, 1.82) is 0 Å². The fourth-order valence-electron chi connectivity index (χ4n) is 2.35. The van der Waals surface area contributed by atoms with Crippen LogP contribution in [0.15, 0.2) is 48.5 Å². The summed E-state index contributed by atoms with van der Waals surface area (Å²) in [4.78, 5) is 23.7. The highest BCUT2D eigenvalue weighted by atomic mass is 35.5. The average Bonchev–Trinajstić information content (AvgIpc) is 2.56. The molecule has 0 radical (unpaired) electrons. The van der Waals surface area contributed by atoms with Crippen LogP contribution in [0, 0.1) is 0 Å². The van der Waals surface area contributed by atoms with Crippen molar-refractivity contribution in [1.82, 2.24) is 5.32 Å². The maximum absolute atomic E-state index is 12.6. The Labute approximate surface area is 145 Å². The number of carbonyl (C=O) groups excluding carboxylic acids is 2. The predicted molar refractivity (Wildman–Crippen MR) is 94.1 cm³/mol. The number of hydrogen-bond acceptors (Lipinski definition) is 3. The molecule has 0 spiro atoms. The normalized spacial score (nSPS) is 11.6. The van der Waals surface area contributed by atoms with Crippen molar-refractivity contribution in [3.05, 3.63) is 64.7 Å². The van der Waals surface area contributed by atoms with Crippen LogP contribution in [-0.2, 0) is 4.79 Å². The van der Waals surface area contributed by atoms with Crippen LogP contribution in [0.1, 0.15) is 35.3 Å². The van der Waals surface area contributed by atoms with Gasteiger partial charge < -0.3 is 15.7 Å². The second-order valence-electron chi connectivity index (χ2n) is 5.32. The molecule has 3 N–H and O–H groups in total. The van der Waals surface area contributed by atoms with Crippen LogP contribution >= 0.6 is 11.6 Å². The highest BCUT2D eigenvalue weighted by Gasteiger charge is 2.18. The highest BCUT2D eigenvalue weighted by Crippen LogP contribution is 2.23. The quantitative estimate of drug-likeness (QED) is 0.751. The number of aliphatic hydroxyl groups excluding tert-OH is 1. The van der Waals surface area contributed by atoms with Crippen molar-refractivity contribution in [2.45, 2.75) is 19.4 Å². The average molecular weight is 347 g/mol. The molecule has 5 nitrogen and oxygen atoms in total. The van der Waals surface area contributed by atoms with Crippen LogP contribution < -0.4 is 10.6 Å². The number of aliphatic hydroxyl groups is 1. The third kappa shape index (κ3) is 4.81. The molecule has 0 heterocycles. The van der Waals surface area contributed by atoms with Crippen molar-refractivity contribution in [2.75, 3.05) is 11.9 Å². The molecule has 2 aromatic rings. The van der Waals surface area contributed by atoms with E-state index in [1.807, 2.05) is 30.3 Å². The van der Waals surface area contributed by atoms with Crippen LogP contribution in [0.5, 0.6) is 0 Å². The molecular formula is C18H19ClN2O3. The zero-order chi connectivity index (χ0) is 17.5. The van der Waals surface area contributed by atoms with Crippen molar-refractivity contribution >= 4 is 29.1 Å². The summed E-state index contributed by atoms with van der Waals surface area (Å²) in [5.74, 6) is -0.597. The first-order valence-corrected chi connectivity index (χ1v) is 7.93. The second-order valence-corrected chi connectivity index (χ2v) is 5.73. The standard InChI is InChI=1S/C18H19ClN2O3/c1-12(23)20-14-7-8-16(19)15(11-14)18(24)21-17(9-10-22)13-5-3-2-4-6-13/h2-8,11,17,22H,9-10H2,1H3,(H,20,23)(H,21,24). The van der Waals surface area contributed by atoms with Crippen LogP contribution in [0.3, 0.4) is 0 Å². The van der Waals surface area contributed by atoms with Crippen molar-refractivity contribution < 1.29 is 14.7 Å². The van der Waals surface area contributed by atoms with Gasteiger partial charge in [-0.15, -0.1) is 0 Å². The minimum absolute atomic E-state index is 0.0560. The Kier molecular flexibility index (Phi) is 6.35. The van der Waals surface area contributed by atoms with E-state index < -0.39 is 0 Å². The summed E-state index contributed by atoms with van der Waals surface area (Å²) < 4.78 is 0. The van der Waals surface area contributed by atoms with Gasteiger partial charge in [0.05, 0.1) is 16.6 Å². The molecule has 0 bridgehead atoms. The maximum Gasteiger partial charge on any atom is 0.253 e. The molecule has 2 rings (SSSR count). The minimum atomic E-state index is -0.366. The third-order valence-corrected chi connectivity index (χ3v) is 3.79. The van der Waals surface area contributed by atoms with Gasteiger partial charge in [0.15, 0.2) is 0 Å². The molecule has 2 aromatic carbocycles. The number of carbonyl (C=O) groups is 2. The minimum Gasteiger partial charge on any atom is -0.396 e. The number of anilines is 1. The molecule has 2 amide bonds. The lowest BCUT2D eigenvalue weighted by Gasteiger charge is -2.19. The fraction of sp³-hybridized carbons (Fsp3) is 0.222. The van der Waals surface area contributed by atoms with E-state index in [2.05, 4.69) is 10.6 Å². The van der Waals surface area contributed by atoms with E-state index in [1.54, 1.807) is 12.1 Å². The zero-order valence-electron chi connectivity index (χ0n) is 13.3.